The van der Waals surface area contributed by atoms with Gasteiger partial charge in [-0.15, -0.1) is 0 Å². The molecule has 2 N–H and O–H groups in total. The Bertz CT molecular complexity index is 860. The Kier molecular flexibility index (Phi) is 3.14. The Morgan fingerprint density at radius 1 is 1.00 bits per heavy atom. The van der Waals surface area contributed by atoms with Crippen LogP contribution in [0.5, 0.6) is 11.5 Å². The molecule has 106 valence electrons. The molecule has 0 amide bonds. The van der Waals surface area contributed by atoms with Crippen LogP contribution in [0.15, 0.2) is 51.7 Å². The van der Waals surface area contributed by atoms with Crippen molar-refractivity contribution in [2.75, 3.05) is 0 Å². The van der Waals surface area contributed by atoms with E-state index in [1.165, 1.54) is 18.2 Å². The molecule has 0 spiro atoms. The average Bonchev–Trinajstić information content (AvgIpc) is 2.47. The molecule has 0 unspecified atom stereocenters. The molecule has 0 saturated heterocycles. The summed E-state index contributed by atoms with van der Waals surface area (Å²) in [6.07, 6.45) is 0.627. The third-order valence-electron chi connectivity index (χ3n) is 3.51. The Labute approximate surface area is 120 Å². The van der Waals surface area contributed by atoms with E-state index in [1.807, 2.05) is 6.92 Å². The van der Waals surface area contributed by atoms with Crippen LogP contribution in [0.2, 0.25) is 0 Å². The zero-order chi connectivity index (χ0) is 15.0. The summed E-state index contributed by atoms with van der Waals surface area (Å²) >= 11 is 0. The van der Waals surface area contributed by atoms with Crippen LogP contribution in [-0.4, -0.2) is 10.2 Å². The van der Waals surface area contributed by atoms with Gasteiger partial charge in [0.25, 0.3) is 0 Å². The molecule has 21 heavy (non-hydrogen) atoms. The predicted molar refractivity (Wildman–Crippen MR) is 80.6 cm³/mol. The molecule has 4 nitrogen and oxygen atoms in total. The lowest BCUT2D eigenvalue weighted by Gasteiger charge is -2.10. The summed E-state index contributed by atoms with van der Waals surface area (Å²) in [7, 11) is 0. The van der Waals surface area contributed by atoms with Crippen molar-refractivity contribution in [1.82, 2.24) is 0 Å². The maximum Gasteiger partial charge on any atom is 0.344 e. The van der Waals surface area contributed by atoms with Crippen LogP contribution >= 0.6 is 0 Å². The minimum atomic E-state index is -0.421. The maximum absolute atomic E-state index is 12.3. The largest absolute Gasteiger partial charge is 0.508 e. The number of hydrogen-bond donors (Lipinski definition) is 2. The Hall–Kier alpha value is -2.75. The molecule has 0 aliphatic rings. The molecule has 0 atom stereocenters. The number of phenols is 2. The van der Waals surface area contributed by atoms with Gasteiger partial charge in [-0.05, 0) is 47.9 Å². The SMILES string of the molecule is CCc1c(-c2ccc(O)cc2)c(=O)oc2ccc(O)cc12. The normalized spacial score (nSPS) is 10.9. The quantitative estimate of drug-likeness (QED) is 0.706. The number of hydrogen-bond acceptors (Lipinski definition) is 4. The van der Waals surface area contributed by atoms with Crippen LogP contribution in [0.4, 0.5) is 0 Å². The first kappa shape index (κ1) is 13.2. The van der Waals surface area contributed by atoms with Crippen LogP contribution in [0.3, 0.4) is 0 Å². The lowest BCUT2D eigenvalue weighted by molar-refractivity contribution is 0.475. The molecular weight excluding hydrogens is 268 g/mol. The molecule has 0 aliphatic carbocycles. The molecule has 3 aromatic rings. The zero-order valence-corrected chi connectivity index (χ0v) is 11.5. The van der Waals surface area contributed by atoms with E-state index in [-0.39, 0.29) is 11.5 Å². The predicted octanol–water partition coefficient (Wildman–Crippen LogP) is 3.43. The third-order valence-corrected chi connectivity index (χ3v) is 3.51. The van der Waals surface area contributed by atoms with Crippen LogP contribution in [0.1, 0.15) is 12.5 Å². The van der Waals surface area contributed by atoms with Crippen LogP contribution in [0.25, 0.3) is 22.1 Å². The van der Waals surface area contributed by atoms with Gasteiger partial charge in [-0.3, -0.25) is 0 Å². The third kappa shape index (κ3) is 2.25. The van der Waals surface area contributed by atoms with Gasteiger partial charge in [-0.2, -0.15) is 0 Å². The number of aryl methyl sites for hydroxylation is 1. The highest BCUT2D eigenvalue weighted by Crippen LogP contribution is 2.30. The molecular formula is C17H14O4. The summed E-state index contributed by atoms with van der Waals surface area (Å²) in [5.74, 6) is 0.266. The first-order valence-electron chi connectivity index (χ1n) is 6.68. The highest BCUT2D eigenvalue weighted by molar-refractivity contribution is 5.88. The van der Waals surface area contributed by atoms with Crippen molar-refractivity contribution in [3.63, 3.8) is 0 Å². The van der Waals surface area contributed by atoms with E-state index < -0.39 is 5.63 Å². The number of benzene rings is 2. The fraction of sp³-hybridized carbons (Fsp3) is 0.118. The van der Waals surface area contributed by atoms with Gasteiger partial charge >= 0.3 is 5.63 Å². The van der Waals surface area contributed by atoms with Gasteiger partial charge in [0.2, 0.25) is 0 Å². The van der Waals surface area contributed by atoms with Crippen molar-refractivity contribution in [1.29, 1.82) is 0 Å². The summed E-state index contributed by atoms with van der Waals surface area (Å²) in [6.45, 7) is 1.95. The highest BCUT2D eigenvalue weighted by Gasteiger charge is 2.15. The van der Waals surface area contributed by atoms with Crippen molar-refractivity contribution in [2.45, 2.75) is 13.3 Å². The summed E-state index contributed by atoms with van der Waals surface area (Å²) in [5.41, 5.74) is 2.01. The van der Waals surface area contributed by atoms with E-state index in [4.69, 9.17) is 4.42 Å². The minimum absolute atomic E-state index is 0.128. The van der Waals surface area contributed by atoms with Crippen LogP contribution in [0, 0.1) is 0 Å². The molecule has 0 fully saturated rings. The van der Waals surface area contributed by atoms with Gasteiger partial charge in [-0.1, -0.05) is 19.1 Å². The first-order chi connectivity index (χ1) is 10.1. The van der Waals surface area contributed by atoms with Crippen molar-refractivity contribution in [3.05, 3.63) is 58.4 Å². The summed E-state index contributed by atoms with van der Waals surface area (Å²) in [5, 5.41) is 19.8. The molecule has 1 heterocycles. The van der Waals surface area contributed by atoms with E-state index in [1.54, 1.807) is 24.3 Å². The lowest BCUT2D eigenvalue weighted by atomic mass is 9.96. The standard InChI is InChI=1S/C17H14O4/c1-2-13-14-9-12(19)7-8-15(14)21-17(20)16(13)10-3-5-11(18)6-4-10/h3-9,18-19H,2H2,1H3. The van der Waals surface area contributed by atoms with Gasteiger partial charge in [0.05, 0.1) is 5.56 Å². The average molecular weight is 282 g/mol. The molecule has 0 saturated carbocycles. The number of aromatic hydroxyl groups is 2. The lowest BCUT2D eigenvalue weighted by Crippen LogP contribution is -2.07. The van der Waals surface area contributed by atoms with Gasteiger partial charge < -0.3 is 14.6 Å². The fourth-order valence-electron chi connectivity index (χ4n) is 2.54. The van der Waals surface area contributed by atoms with Gasteiger partial charge in [-0.25, -0.2) is 4.79 Å². The zero-order valence-electron chi connectivity index (χ0n) is 11.5. The van der Waals surface area contributed by atoms with Crippen molar-refractivity contribution in [2.24, 2.45) is 0 Å². The molecule has 1 aromatic heterocycles. The van der Waals surface area contributed by atoms with Gasteiger partial charge in [0.15, 0.2) is 0 Å². The first-order valence-corrected chi connectivity index (χ1v) is 6.68. The summed E-state index contributed by atoms with van der Waals surface area (Å²) in [6, 6.07) is 11.1. The van der Waals surface area contributed by atoms with E-state index in [0.29, 0.717) is 23.1 Å². The Morgan fingerprint density at radius 2 is 1.67 bits per heavy atom. The molecule has 3 rings (SSSR count). The number of rotatable bonds is 2. The van der Waals surface area contributed by atoms with E-state index in [0.717, 1.165) is 10.9 Å². The minimum Gasteiger partial charge on any atom is -0.508 e. The van der Waals surface area contributed by atoms with Gasteiger partial charge in [0.1, 0.15) is 17.1 Å². The monoisotopic (exact) mass is 282 g/mol. The molecule has 2 aromatic carbocycles. The second-order valence-electron chi connectivity index (χ2n) is 4.82. The summed E-state index contributed by atoms with van der Waals surface area (Å²) in [4.78, 5) is 12.3. The van der Waals surface area contributed by atoms with E-state index >= 15 is 0 Å². The van der Waals surface area contributed by atoms with Gasteiger partial charge in [0, 0.05) is 5.39 Å². The fourth-order valence-corrected chi connectivity index (χ4v) is 2.54. The smallest absolute Gasteiger partial charge is 0.344 e. The van der Waals surface area contributed by atoms with E-state index in [2.05, 4.69) is 0 Å². The number of phenolic OH excluding ortho intramolecular Hbond substituents is 2. The topological polar surface area (TPSA) is 70.7 Å². The Morgan fingerprint density at radius 3 is 2.33 bits per heavy atom. The maximum atomic E-state index is 12.3. The molecule has 0 aliphatic heterocycles. The molecule has 4 heteroatoms. The van der Waals surface area contributed by atoms with Crippen molar-refractivity contribution >= 4 is 11.0 Å². The number of fused-ring (bicyclic) bond motifs is 1. The van der Waals surface area contributed by atoms with Crippen LogP contribution in [-0.2, 0) is 6.42 Å². The summed E-state index contributed by atoms with van der Waals surface area (Å²) < 4.78 is 5.35. The van der Waals surface area contributed by atoms with Crippen molar-refractivity contribution < 1.29 is 14.6 Å². The highest BCUT2D eigenvalue weighted by atomic mass is 16.4. The van der Waals surface area contributed by atoms with Crippen molar-refractivity contribution in [3.8, 4) is 22.6 Å². The molecule has 0 bridgehead atoms. The second kappa shape index (κ2) is 4.98. The van der Waals surface area contributed by atoms with Crippen LogP contribution < -0.4 is 5.63 Å². The molecule has 0 radical (unpaired) electrons. The second-order valence-corrected chi connectivity index (χ2v) is 4.82. The van der Waals surface area contributed by atoms with E-state index in [9.17, 15) is 15.0 Å². The Balaban J connectivity index is 2.38.